The average Bonchev–Trinajstić information content (AvgIpc) is 2.87. The zero-order valence-corrected chi connectivity index (χ0v) is 11.8. The summed E-state index contributed by atoms with van der Waals surface area (Å²) in [6, 6.07) is 7.47. The predicted octanol–water partition coefficient (Wildman–Crippen LogP) is 3.59. The molecule has 2 aromatic rings. The lowest BCUT2D eigenvalue weighted by atomic mass is 10.1. The Labute approximate surface area is 118 Å². The fourth-order valence-electron chi connectivity index (χ4n) is 1.48. The van der Waals surface area contributed by atoms with Crippen molar-refractivity contribution < 1.29 is 13.7 Å². The summed E-state index contributed by atoms with van der Waals surface area (Å²) in [5.74, 6) is -0.239. The third-order valence-corrected chi connectivity index (χ3v) is 3.60. The third-order valence-electron chi connectivity index (χ3n) is 2.54. The summed E-state index contributed by atoms with van der Waals surface area (Å²) < 4.78 is 17.8. The van der Waals surface area contributed by atoms with Gasteiger partial charge >= 0.3 is 0 Å². The Balaban J connectivity index is 2.11. The number of carbonyl (C=O) groups is 1. The Morgan fingerprint density at radius 1 is 1.47 bits per heavy atom. The number of rotatable bonds is 4. The van der Waals surface area contributed by atoms with Crippen LogP contribution in [0.2, 0.25) is 0 Å². The van der Waals surface area contributed by atoms with Gasteiger partial charge < -0.3 is 4.52 Å². The van der Waals surface area contributed by atoms with Gasteiger partial charge in [-0.15, -0.1) is 0 Å². The molecule has 0 saturated heterocycles. The highest BCUT2D eigenvalue weighted by molar-refractivity contribution is 9.10. The first-order chi connectivity index (χ1) is 9.10. The summed E-state index contributed by atoms with van der Waals surface area (Å²) in [5.41, 5.74) is 1.26. The molecule has 4 nitrogen and oxygen atoms in total. The maximum Gasteiger partial charge on any atom is 0.240 e. The van der Waals surface area contributed by atoms with Gasteiger partial charge in [-0.25, -0.2) is 4.39 Å². The molecule has 2 rings (SSSR count). The van der Waals surface area contributed by atoms with E-state index in [0.717, 1.165) is 5.56 Å². The Morgan fingerprint density at radius 2 is 2.16 bits per heavy atom. The van der Waals surface area contributed by atoms with E-state index in [1.54, 1.807) is 18.2 Å². The number of nitrogens with zero attached hydrogens (tertiary/aromatic N) is 1. The Hall–Kier alpha value is -1.69. The quantitative estimate of drug-likeness (QED) is 0.873. The topological polar surface area (TPSA) is 55.1 Å². The Kier molecular flexibility index (Phi) is 4.31. The van der Waals surface area contributed by atoms with Crippen molar-refractivity contribution in [2.45, 2.75) is 18.2 Å². The zero-order valence-electron chi connectivity index (χ0n) is 10.2. The van der Waals surface area contributed by atoms with Crippen LogP contribution in [0.4, 0.5) is 10.3 Å². The summed E-state index contributed by atoms with van der Waals surface area (Å²) in [6.07, 6.45) is 0.671. The van der Waals surface area contributed by atoms with Gasteiger partial charge in [-0.05, 0) is 30.7 Å². The molecule has 1 aromatic heterocycles. The molecule has 100 valence electrons. The summed E-state index contributed by atoms with van der Waals surface area (Å²) in [7, 11) is 0. The summed E-state index contributed by atoms with van der Waals surface area (Å²) >= 11 is 3.24. The van der Waals surface area contributed by atoms with E-state index in [-0.39, 0.29) is 22.4 Å². The molecule has 1 unspecified atom stereocenters. The lowest BCUT2D eigenvalue weighted by Crippen LogP contribution is -2.21. The number of hydrogen-bond acceptors (Lipinski definition) is 3. The van der Waals surface area contributed by atoms with Gasteiger partial charge in [0.05, 0.1) is 4.83 Å². The molecule has 1 amide bonds. The van der Waals surface area contributed by atoms with Crippen LogP contribution < -0.4 is 5.32 Å². The number of nitrogens with one attached hydrogen (secondary N) is 1. The molecule has 0 aliphatic carbocycles. The second kappa shape index (κ2) is 5.97. The largest absolute Gasteiger partial charge is 0.338 e. The zero-order chi connectivity index (χ0) is 13.8. The predicted molar refractivity (Wildman–Crippen MR) is 73.5 cm³/mol. The number of hydrogen-bond donors (Lipinski definition) is 1. The minimum atomic E-state index is -0.314. The molecule has 0 spiro atoms. The van der Waals surface area contributed by atoms with Crippen LogP contribution in [0.15, 0.2) is 34.9 Å². The van der Waals surface area contributed by atoms with Crippen LogP contribution in [-0.4, -0.2) is 15.9 Å². The van der Waals surface area contributed by atoms with Gasteiger partial charge in [0.1, 0.15) is 11.5 Å². The van der Waals surface area contributed by atoms with Crippen LogP contribution in [0, 0.1) is 5.82 Å². The van der Waals surface area contributed by atoms with E-state index in [4.69, 9.17) is 4.52 Å². The number of alkyl halides is 1. The Bertz CT molecular complexity index is 568. The summed E-state index contributed by atoms with van der Waals surface area (Å²) in [5, 5.41) is 6.43. The molecule has 0 bridgehead atoms. The van der Waals surface area contributed by atoms with Crippen molar-refractivity contribution in [3.8, 4) is 11.3 Å². The molecule has 0 fully saturated rings. The molecule has 6 heteroatoms. The molecule has 0 aliphatic rings. The third kappa shape index (κ3) is 3.41. The van der Waals surface area contributed by atoms with Crippen LogP contribution in [0.3, 0.4) is 0 Å². The van der Waals surface area contributed by atoms with Crippen molar-refractivity contribution in [3.63, 3.8) is 0 Å². The van der Waals surface area contributed by atoms with E-state index in [0.29, 0.717) is 12.1 Å². The molecule has 1 heterocycles. The van der Waals surface area contributed by atoms with Gasteiger partial charge in [0.2, 0.25) is 11.8 Å². The van der Waals surface area contributed by atoms with Gasteiger partial charge in [-0.2, -0.15) is 0 Å². The lowest BCUT2D eigenvalue weighted by Gasteiger charge is -2.04. The molecular weight excluding hydrogens is 315 g/mol. The van der Waals surface area contributed by atoms with Crippen molar-refractivity contribution >= 4 is 27.7 Å². The second-order valence-corrected chi connectivity index (χ2v) is 5.05. The number of amides is 1. The van der Waals surface area contributed by atoms with Crippen molar-refractivity contribution in [1.82, 2.24) is 5.16 Å². The molecule has 0 saturated carbocycles. The first-order valence-corrected chi connectivity index (χ1v) is 6.69. The van der Waals surface area contributed by atoms with E-state index >= 15 is 0 Å². The molecule has 0 aliphatic heterocycles. The molecular formula is C13H12BrFN2O2. The number of halogens is 2. The first kappa shape index (κ1) is 13.7. The standard InChI is InChI=1S/C13H12BrFN2O2/c1-2-10(14)13(18)16-12-7-11(17-19-12)8-3-5-9(15)6-4-8/h3-7,10H,2H2,1H3,(H,16,18). The van der Waals surface area contributed by atoms with Crippen molar-refractivity contribution in [1.29, 1.82) is 0 Å². The van der Waals surface area contributed by atoms with Crippen molar-refractivity contribution in [3.05, 3.63) is 36.1 Å². The normalized spacial score (nSPS) is 12.2. The SMILES string of the molecule is CCC(Br)C(=O)Nc1cc(-c2ccc(F)cc2)no1. The highest BCUT2D eigenvalue weighted by Gasteiger charge is 2.15. The van der Waals surface area contributed by atoms with Crippen LogP contribution in [0.25, 0.3) is 11.3 Å². The summed E-state index contributed by atoms with van der Waals surface area (Å²) in [6.45, 7) is 1.89. The second-order valence-electron chi connectivity index (χ2n) is 3.95. The number of anilines is 1. The van der Waals surface area contributed by atoms with Crippen LogP contribution in [0.1, 0.15) is 13.3 Å². The van der Waals surface area contributed by atoms with E-state index in [1.165, 1.54) is 12.1 Å². The van der Waals surface area contributed by atoms with Crippen LogP contribution >= 0.6 is 15.9 Å². The summed E-state index contributed by atoms with van der Waals surface area (Å²) in [4.78, 5) is 11.4. The number of aromatic nitrogens is 1. The molecule has 1 atom stereocenters. The molecule has 1 aromatic carbocycles. The van der Waals surface area contributed by atoms with Crippen LogP contribution in [0.5, 0.6) is 0 Å². The first-order valence-electron chi connectivity index (χ1n) is 5.77. The van der Waals surface area contributed by atoms with E-state index < -0.39 is 0 Å². The Morgan fingerprint density at radius 3 is 2.79 bits per heavy atom. The van der Waals surface area contributed by atoms with Gasteiger partial charge in [0.25, 0.3) is 0 Å². The van der Waals surface area contributed by atoms with E-state index in [9.17, 15) is 9.18 Å². The smallest absolute Gasteiger partial charge is 0.240 e. The van der Waals surface area contributed by atoms with E-state index in [1.807, 2.05) is 6.92 Å². The maximum absolute atomic E-state index is 12.8. The lowest BCUT2D eigenvalue weighted by molar-refractivity contribution is -0.115. The van der Waals surface area contributed by atoms with E-state index in [2.05, 4.69) is 26.4 Å². The van der Waals surface area contributed by atoms with Gasteiger partial charge in [0.15, 0.2) is 0 Å². The fraction of sp³-hybridized carbons (Fsp3) is 0.231. The molecule has 1 N–H and O–H groups in total. The number of benzene rings is 1. The van der Waals surface area contributed by atoms with Crippen molar-refractivity contribution in [2.24, 2.45) is 0 Å². The van der Waals surface area contributed by atoms with Crippen LogP contribution in [-0.2, 0) is 4.79 Å². The highest BCUT2D eigenvalue weighted by atomic mass is 79.9. The molecule has 0 radical (unpaired) electrons. The van der Waals surface area contributed by atoms with Gasteiger partial charge in [-0.3, -0.25) is 10.1 Å². The number of carbonyl (C=O) groups excluding carboxylic acids is 1. The fourth-order valence-corrected chi connectivity index (χ4v) is 1.59. The highest BCUT2D eigenvalue weighted by Crippen LogP contribution is 2.22. The van der Waals surface area contributed by atoms with Crippen molar-refractivity contribution in [2.75, 3.05) is 5.32 Å². The minimum Gasteiger partial charge on any atom is -0.338 e. The molecule has 19 heavy (non-hydrogen) atoms. The average molecular weight is 327 g/mol. The minimum absolute atomic E-state index is 0.190. The monoisotopic (exact) mass is 326 g/mol. The maximum atomic E-state index is 12.8. The van der Waals surface area contributed by atoms with Gasteiger partial charge in [0, 0.05) is 11.6 Å². The van der Waals surface area contributed by atoms with Gasteiger partial charge in [-0.1, -0.05) is 28.0 Å².